The highest BCUT2D eigenvalue weighted by atomic mass is 35.5. The smallest absolute Gasteiger partial charge is 0.274 e. The molecule has 2 atom stereocenters. The molecule has 146 valence electrons. The minimum absolute atomic E-state index is 0. The lowest BCUT2D eigenvalue weighted by molar-refractivity contribution is -0.122. The van der Waals surface area contributed by atoms with Gasteiger partial charge < -0.3 is 11.1 Å². The molecule has 2 unspecified atom stereocenters. The lowest BCUT2D eigenvalue weighted by Crippen LogP contribution is -2.54. The third-order valence-corrected chi connectivity index (χ3v) is 6.07. The van der Waals surface area contributed by atoms with Crippen LogP contribution >= 0.6 is 12.4 Å². The monoisotopic (exact) mass is 390 g/mol. The van der Waals surface area contributed by atoms with Crippen LogP contribution in [0.2, 0.25) is 0 Å². The van der Waals surface area contributed by atoms with Gasteiger partial charge in [-0.05, 0) is 43.6 Å². The highest BCUT2D eigenvalue weighted by molar-refractivity contribution is 5.88. The summed E-state index contributed by atoms with van der Waals surface area (Å²) >= 11 is 0. The summed E-state index contributed by atoms with van der Waals surface area (Å²) in [5, 5.41) is 8.97. The van der Waals surface area contributed by atoms with Crippen LogP contribution in [0, 0.1) is 11.8 Å². The van der Waals surface area contributed by atoms with E-state index in [9.17, 15) is 9.59 Å². The summed E-state index contributed by atoms with van der Waals surface area (Å²) in [4.78, 5) is 25.0. The first kappa shape index (κ1) is 19.8. The number of rotatable bonds is 3. The molecule has 0 saturated heterocycles. The van der Waals surface area contributed by atoms with E-state index < -0.39 is 0 Å². The number of hydrogen-bond acceptors (Lipinski definition) is 4. The predicted octanol–water partition coefficient (Wildman–Crippen LogP) is 1.92. The highest BCUT2D eigenvalue weighted by Crippen LogP contribution is 2.39. The Morgan fingerprint density at radius 1 is 1.22 bits per heavy atom. The minimum atomic E-state index is -0.138. The van der Waals surface area contributed by atoms with Gasteiger partial charge in [-0.25, -0.2) is 4.68 Å². The number of nitrogens with two attached hydrogens (primary N) is 1. The van der Waals surface area contributed by atoms with E-state index in [1.807, 2.05) is 18.2 Å². The second-order valence-electron chi connectivity index (χ2n) is 7.87. The molecule has 1 aromatic carbocycles. The normalized spacial score (nSPS) is 27.0. The van der Waals surface area contributed by atoms with Gasteiger partial charge in [0.15, 0.2) is 0 Å². The molecule has 0 spiro atoms. The fourth-order valence-electron chi connectivity index (χ4n) is 4.92. The molecule has 7 heteroatoms. The average molecular weight is 391 g/mol. The number of carbonyl (C=O) groups excluding carboxylic acids is 1. The summed E-state index contributed by atoms with van der Waals surface area (Å²) in [6, 6.07) is 7.86. The number of amides is 1. The first-order chi connectivity index (χ1) is 12.5. The Kier molecular flexibility index (Phi) is 5.86. The Labute approximate surface area is 164 Å². The number of fused-ring (bicyclic) bond motifs is 3. The summed E-state index contributed by atoms with van der Waals surface area (Å²) in [5.74, 6) is 0.969. The SMILES string of the molecule is Cl.Cn1nc(CC(=O)NC2C3CCCC2CC(N)C3)c2ccccc2c1=O. The third-order valence-electron chi connectivity index (χ3n) is 6.07. The van der Waals surface area contributed by atoms with Crippen molar-refractivity contribution in [3.05, 3.63) is 40.3 Å². The van der Waals surface area contributed by atoms with Crippen LogP contribution in [0.5, 0.6) is 0 Å². The van der Waals surface area contributed by atoms with Gasteiger partial charge in [-0.2, -0.15) is 5.10 Å². The van der Waals surface area contributed by atoms with Crippen molar-refractivity contribution in [2.75, 3.05) is 0 Å². The second kappa shape index (κ2) is 7.98. The van der Waals surface area contributed by atoms with E-state index in [0.29, 0.717) is 22.9 Å². The van der Waals surface area contributed by atoms with Gasteiger partial charge in [0.05, 0.1) is 17.5 Å². The van der Waals surface area contributed by atoms with Crippen LogP contribution in [0.25, 0.3) is 10.8 Å². The van der Waals surface area contributed by atoms with Gasteiger partial charge in [-0.3, -0.25) is 9.59 Å². The number of aromatic nitrogens is 2. The minimum Gasteiger partial charge on any atom is -0.352 e. The van der Waals surface area contributed by atoms with Gasteiger partial charge in [0, 0.05) is 24.5 Å². The number of nitrogens with zero attached hydrogens (tertiary/aromatic N) is 2. The summed E-state index contributed by atoms with van der Waals surface area (Å²) in [7, 11) is 1.63. The highest BCUT2D eigenvalue weighted by Gasteiger charge is 2.39. The van der Waals surface area contributed by atoms with Crippen LogP contribution in [0.4, 0.5) is 0 Å². The fraction of sp³-hybridized carbons (Fsp3) is 0.550. The molecule has 1 heterocycles. The molecule has 2 aliphatic rings. The average Bonchev–Trinajstić information content (AvgIpc) is 2.60. The van der Waals surface area contributed by atoms with Crippen molar-refractivity contribution < 1.29 is 4.79 Å². The first-order valence-electron chi connectivity index (χ1n) is 9.53. The Morgan fingerprint density at radius 2 is 1.85 bits per heavy atom. The number of benzene rings is 1. The number of aryl methyl sites for hydroxylation is 1. The van der Waals surface area contributed by atoms with Crippen molar-refractivity contribution in [2.24, 2.45) is 24.6 Å². The van der Waals surface area contributed by atoms with Crippen molar-refractivity contribution in [1.29, 1.82) is 0 Å². The summed E-state index contributed by atoms with van der Waals surface area (Å²) in [6.45, 7) is 0. The van der Waals surface area contributed by atoms with Crippen molar-refractivity contribution in [3.8, 4) is 0 Å². The maximum Gasteiger partial charge on any atom is 0.274 e. The van der Waals surface area contributed by atoms with E-state index in [4.69, 9.17) is 5.73 Å². The molecule has 2 bridgehead atoms. The zero-order chi connectivity index (χ0) is 18.3. The van der Waals surface area contributed by atoms with E-state index in [1.165, 1.54) is 11.1 Å². The van der Waals surface area contributed by atoms with E-state index in [-0.39, 0.29) is 42.4 Å². The molecular formula is C20H27ClN4O2. The lowest BCUT2D eigenvalue weighted by Gasteiger charge is -2.45. The summed E-state index contributed by atoms with van der Waals surface area (Å²) < 4.78 is 1.32. The van der Waals surface area contributed by atoms with Gasteiger partial charge in [0.1, 0.15) is 0 Å². The van der Waals surface area contributed by atoms with E-state index in [0.717, 1.165) is 31.1 Å². The van der Waals surface area contributed by atoms with Crippen LogP contribution < -0.4 is 16.6 Å². The van der Waals surface area contributed by atoms with Gasteiger partial charge in [-0.15, -0.1) is 12.4 Å². The van der Waals surface area contributed by atoms with Crippen molar-refractivity contribution >= 4 is 29.1 Å². The first-order valence-corrected chi connectivity index (χ1v) is 9.53. The van der Waals surface area contributed by atoms with Gasteiger partial charge in [0.2, 0.25) is 5.91 Å². The van der Waals surface area contributed by atoms with E-state index in [1.54, 1.807) is 13.1 Å². The van der Waals surface area contributed by atoms with Crippen LogP contribution in [0.3, 0.4) is 0 Å². The molecule has 2 fully saturated rings. The van der Waals surface area contributed by atoms with Crippen molar-refractivity contribution in [2.45, 2.75) is 50.6 Å². The zero-order valence-electron chi connectivity index (χ0n) is 15.6. The Morgan fingerprint density at radius 3 is 2.52 bits per heavy atom. The number of halogens is 1. The Hall–Kier alpha value is -1.92. The number of carbonyl (C=O) groups is 1. The molecule has 27 heavy (non-hydrogen) atoms. The summed E-state index contributed by atoms with van der Waals surface area (Å²) in [5.41, 5.74) is 6.69. The molecule has 3 N–H and O–H groups in total. The molecular weight excluding hydrogens is 364 g/mol. The maximum atomic E-state index is 12.8. The third kappa shape index (κ3) is 3.87. The molecule has 2 saturated carbocycles. The predicted molar refractivity (Wildman–Crippen MR) is 108 cm³/mol. The van der Waals surface area contributed by atoms with Crippen molar-refractivity contribution in [1.82, 2.24) is 15.1 Å². The van der Waals surface area contributed by atoms with Crippen LogP contribution in [0.15, 0.2) is 29.1 Å². The molecule has 2 aromatic rings. The topological polar surface area (TPSA) is 90.0 Å². The summed E-state index contributed by atoms with van der Waals surface area (Å²) in [6.07, 6.45) is 5.73. The Balaban J connectivity index is 0.00000210. The molecule has 4 rings (SSSR count). The largest absolute Gasteiger partial charge is 0.352 e. The molecule has 6 nitrogen and oxygen atoms in total. The number of hydrogen-bond donors (Lipinski definition) is 2. The van der Waals surface area contributed by atoms with Crippen LogP contribution in [-0.4, -0.2) is 27.8 Å². The molecule has 2 aliphatic carbocycles. The second-order valence-corrected chi connectivity index (χ2v) is 7.87. The van der Waals surface area contributed by atoms with Gasteiger partial charge in [-0.1, -0.05) is 24.6 Å². The van der Waals surface area contributed by atoms with Crippen LogP contribution in [-0.2, 0) is 18.3 Å². The quantitative estimate of drug-likeness (QED) is 0.837. The fourth-order valence-corrected chi connectivity index (χ4v) is 4.92. The standard InChI is InChI=1S/C20H26N4O2.ClH/c1-24-20(26)16-8-3-2-7-15(16)17(23-24)11-18(25)22-19-12-5-4-6-13(19)10-14(21)9-12;/h2-3,7-8,12-14,19H,4-6,9-11,21H2,1H3,(H,22,25);1H. The number of nitrogens with one attached hydrogen (secondary N) is 1. The van der Waals surface area contributed by atoms with Gasteiger partial charge in [0.25, 0.3) is 5.56 Å². The molecule has 1 amide bonds. The van der Waals surface area contributed by atoms with Crippen molar-refractivity contribution in [3.63, 3.8) is 0 Å². The Bertz CT molecular complexity index is 883. The molecule has 0 aliphatic heterocycles. The maximum absolute atomic E-state index is 12.8. The van der Waals surface area contributed by atoms with E-state index in [2.05, 4.69) is 10.4 Å². The zero-order valence-corrected chi connectivity index (χ0v) is 16.4. The molecule has 1 aromatic heterocycles. The lowest BCUT2D eigenvalue weighted by atomic mass is 9.67. The van der Waals surface area contributed by atoms with Gasteiger partial charge >= 0.3 is 0 Å². The van der Waals surface area contributed by atoms with E-state index >= 15 is 0 Å². The molecule has 0 radical (unpaired) electrons. The van der Waals surface area contributed by atoms with Crippen LogP contribution in [0.1, 0.15) is 37.8 Å².